The van der Waals surface area contributed by atoms with Gasteiger partial charge in [0, 0.05) is 50.2 Å². The summed E-state index contributed by atoms with van der Waals surface area (Å²) in [6.45, 7) is 11.6. The lowest BCUT2D eigenvalue weighted by Gasteiger charge is -2.47. The molecule has 2 rings (SSSR count). The normalized spacial score (nSPS) is 22.5. The average Bonchev–Trinajstić information content (AvgIpc) is 3.02. The van der Waals surface area contributed by atoms with Crippen LogP contribution in [0.1, 0.15) is 52.9 Å². The minimum atomic E-state index is 0.333. The number of hydrogen-bond acceptors (Lipinski definition) is 3. The summed E-state index contributed by atoms with van der Waals surface area (Å²) in [5.41, 5.74) is 0.333. The third kappa shape index (κ3) is 4.30. The molecular weight excluding hydrogens is 260 g/mol. The van der Waals surface area contributed by atoms with Crippen molar-refractivity contribution in [3.63, 3.8) is 0 Å². The van der Waals surface area contributed by atoms with Crippen molar-refractivity contribution in [2.24, 2.45) is 0 Å². The molecule has 1 saturated heterocycles. The molecule has 1 aromatic rings. The molecule has 4 heteroatoms. The summed E-state index contributed by atoms with van der Waals surface area (Å²) < 4.78 is 2.18. The molecule has 2 heterocycles. The number of nitrogens with zero attached hydrogens (tertiary/aromatic N) is 3. The lowest BCUT2D eigenvalue weighted by atomic mass is 9.87. The molecule has 0 aliphatic carbocycles. The van der Waals surface area contributed by atoms with Gasteiger partial charge in [0.15, 0.2) is 0 Å². The minimum absolute atomic E-state index is 0.333. The van der Waals surface area contributed by atoms with Crippen LogP contribution >= 0.6 is 0 Å². The van der Waals surface area contributed by atoms with E-state index in [4.69, 9.17) is 0 Å². The molecule has 1 aliphatic rings. The highest BCUT2D eigenvalue weighted by Crippen LogP contribution is 2.24. The molecule has 0 radical (unpaired) electrons. The van der Waals surface area contributed by atoms with Crippen LogP contribution in [-0.4, -0.2) is 45.7 Å². The second-order valence-corrected chi connectivity index (χ2v) is 6.44. The fraction of sp³-hybridized carbons (Fsp3) is 0.824. The van der Waals surface area contributed by atoms with Crippen molar-refractivity contribution < 1.29 is 0 Å². The predicted molar refractivity (Wildman–Crippen MR) is 88.4 cm³/mol. The van der Waals surface area contributed by atoms with Crippen molar-refractivity contribution in [1.29, 1.82) is 0 Å². The number of aromatic nitrogens is 2. The number of imidazole rings is 1. The molecule has 1 aliphatic heterocycles. The van der Waals surface area contributed by atoms with Crippen LogP contribution < -0.4 is 5.32 Å². The molecule has 4 nitrogen and oxygen atoms in total. The lowest BCUT2D eigenvalue weighted by Crippen LogP contribution is -2.63. The van der Waals surface area contributed by atoms with Crippen LogP contribution in [-0.2, 0) is 6.54 Å². The Morgan fingerprint density at radius 2 is 2.05 bits per heavy atom. The van der Waals surface area contributed by atoms with Gasteiger partial charge in [0.2, 0.25) is 0 Å². The maximum Gasteiger partial charge on any atom is 0.0945 e. The standard InChI is InChI=1S/C17H32N4/c1-4-8-16-13-19-17(5-2,6-3)14-21(16)11-7-10-20-12-9-18-15-20/h9,12,15-16,19H,4-8,10-11,13-14H2,1-3H3. The van der Waals surface area contributed by atoms with Gasteiger partial charge >= 0.3 is 0 Å². The van der Waals surface area contributed by atoms with Crippen LogP contribution in [0.15, 0.2) is 18.7 Å². The third-order valence-corrected chi connectivity index (χ3v) is 5.13. The molecule has 1 fully saturated rings. The van der Waals surface area contributed by atoms with Crippen LogP contribution in [0.5, 0.6) is 0 Å². The number of rotatable bonds is 8. The van der Waals surface area contributed by atoms with E-state index in [0.717, 1.165) is 13.1 Å². The number of hydrogen-bond donors (Lipinski definition) is 1. The van der Waals surface area contributed by atoms with E-state index in [1.54, 1.807) is 0 Å². The molecule has 1 atom stereocenters. The van der Waals surface area contributed by atoms with Gasteiger partial charge in [-0.1, -0.05) is 27.2 Å². The Morgan fingerprint density at radius 1 is 1.24 bits per heavy atom. The summed E-state index contributed by atoms with van der Waals surface area (Å²) in [7, 11) is 0. The minimum Gasteiger partial charge on any atom is -0.337 e. The second-order valence-electron chi connectivity index (χ2n) is 6.44. The van der Waals surface area contributed by atoms with Crippen LogP contribution in [0.4, 0.5) is 0 Å². The van der Waals surface area contributed by atoms with Crippen molar-refractivity contribution in [3.05, 3.63) is 18.7 Å². The molecule has 0 bridgehead atoms. The van der Waals surface area contributed by atoms with Gasteiger partial charge in [0.1, 0.15) is 0 Å². The van der Waals surface area contributed by atoms with E-state index in [1.165, 1.54) is 45.2 Å². The number of aryl methyl sites for hydroxylation is 1. The van der Waals surface area contributed by atoms with E-state index in [9.17, 15) is 0 Å². The maximum absolute atomic E-state index is 4.12. The molecule has 0 saturated carbocycles. The Morgan fingerprint density at radius 3 is 2.67 bits per heavy atom. The fourth-order valence-corrected chi connectivity index (χ4v) is 3.52. The van der Waals surface area contributed by atoms with Gasteiger partial charge in [-0.05, 0) is 25.7 Å². The summed E-state index contributed by atoms with van der Waals surface area (Å²) >= 11 is 0. The van der Waals surface area contributed by atoms with E-state index in [2.05, 4.69) is 46.7 Å². The Kier molecular flexibility index (Phi) is 6.24. The summed E-state index contributed by atoms with van der Waals surface area (Å²) in [5, 5.41) is 3.84. The summed E-state index contributed by atoms with van der Waals surface area (Å²) in [6, 6.07) is 0.712. The van der Waals surface area contributed by atoms with Crippen molar-refractivity contribution >= 4 is 0 Å². The van der Waals surface area contributed by atoms with Gasteiger partial charge in [0.25, 0.3) is 0 Å². The zero-order valence-corrected chi connectivity index (χ0v) is 14.0. The monoisotopic (exact) mass is 292 g/mol. The molecule has 21 heavy (non-hydrogen) atoms. The lowest BCUT2D eigenvalue weighted by molar-refractivity contribution is 0.0660. The Balaban J connectivity index is 1.90. The SMILES string of the molecule is CCCC1CNC(CC)(CC)CN1CCCn1ccnc1. The maximum atomic E-state index is 4.12. The molecular formula is C17H32N4. The van der Waals surface area contributed by atoms with E-state index in [1.807, 2.05) is 12.5 Å². The largest absolute Gasteiger partial charge is 0.337 e. The Bertz CT molecular complexity index is 384. The topological polar surface area (TPSA) is 33.1 Å². The quantitative estimate of drug-likeness (QED) is 0.800. The number of nitrogens with one attached hydrogen (secondary N) is 1. The molecule has 1 N–H and O–H groups in total. The first-order valence-electron chi connectivity index (χ1n) is 8.68. The van der Waals surface area contributed by atoms with E-state index in [-0.39, 0.29) is 0 Å². The van der Waals surface area contributed by atoms with Gasteiger partial charge in [0.05, 0.1) is 6.33 Å². The second kappa shape index (κ2) is 7.95. The van der Waals surface area contributed by atoms with Crippen LogP contribution in [0.3, 0.4) is 0 Å². The molecule has 120 valence electrons. The van der Waals surface area contributed by atoms with Crippen LogP contribution in [0.25, 0.3) is 0 Å². The van der Waals surface area contributed by atoms with Gasteiger partial charge in [-0.2, -0.15) is 0 Å². The first kappa shape index (κ1) is 16.5. The third-order valence-electron chi connectivity index (χ3n) is 5.13. The molecule has 0 spiro atoms. The zero-order chi connectivity index (χ0) is 15.1. The first-order chi connectivity index (χ1) is 10.2. The highest BCUT2D eigenvalue weighted by Gasteiger charge is 2.35. The highest BCUT2D eigenvalue weighted by molar-refractivity contribution is 4.96. The molecule has 1 aromatic heterocycles. The molecule has 0 amide bonds. The summed E-state index contributed by atoms with van der Waals surface area (Å²) in [4.78, 5) is 6.86. The molecule has 1 unspecified atom stereocenters. The van der Waals surface area contributed by atoms with E-state index >= 15 is 0 Å². The average molecular weight is 292 g/mol. The van der Waals surface area contributed by atoms with Gasteiger partial charge < -0.3 is 9.88 Å². The fourth-order valence-electron chi connectivity index (χ4n) is 3.52. The van der Waals surface area contributed by atoms with Gasteiger partial charge in [-0.15, -0.1) is 0 Å². The predicted octanol–water partition coefficient (Wildman–Crippen LogP) is 2.91. The van der Waals surface area contributed by atoms with Gasteiger partial charge in [-0.25, -0.2) is 4.98 Å². The zero-order valence-electron chi connectivity index (χ0n) is 14.0. The Labute approximate surface area is 129 Å². The highest BCUT2D eigenvalue weighted by atomic mass is 15.3. The van der Waals surface area contributed by atoms with E-state index < -0.39 is 0 Å². The molecule has 0 aromatic carbocycles. The summed E-state index contributed by atoms with van der Waals surface area (Å²) in [6.07, 6.45) is 12.1. The van der Waals surface area contributed by atoms with Crippen molar-refractivity contribution in [2.45, 2.75) is 71.0 Å². The van der Waals surface area contributed by atoms with Crippen molar-refractivity contribution in [2.75, 3.05) is 19.6 Å². The number of piperazine rings is 1. The van der Waals surface area contributed by atoms with Crippen LogP contribution in [0.2, 0.25) is 0 Å². The summed E-state index contributed by atoms with van der Waals surface area (Å²) in [5.74, 6) is 0. The van der Waals surface area contributed by atoms with Crippen LogP contribution in [0, 0.1) is 0 Å². The van der Waals surface area contributed by atoms with Gasteiger partial charge in [-0.3, -0.25) is 4.90 Å². The van der Waals surface area contributed by atoms with Crippen molar-refractivity contribution in [3.8, 4) is 0 Å². The first-order valence-corrected chi connectivity index (χ1v) is 8.68. The smallest absolute Gasteiger partial charge is 0.0945 e. The van der Waals surface area contributed by atoms with E-state index in [0.29, 0.717) is 11.6 Å². The Hall–Kier alpha value is -0.870. The van der Waals surface area contributed by atoms with Crippen molar-refractivity contribution in [1.82, 2.24) is 19.8 Å².